The molecule has 0 amide bonds. The van der Waals surface area contributed by atoms with E-state index in [9.17, 15) is 9.30 Å². The van der Waals surface area contributed by atoms with Crippen LogP contribution in [0.5, 0.6) is 0 Å². The van der Waals surface area contributed by atoms with Crippen LogP contribution in [0.15, 0.2) is 53.7 Å². The van der Waals surface area contributed by atoms with Crippen LogP contribution in [0.1, 0.15) is 0 Å². The fourth-order valence-electron chi connectivity index (χ4n) is 1.37. The minimum atomic E-state index is -0.372. The molecule has 0 radical (unpaired) electrons. The SMILES string of the molecule is O=Nc1ccccc1Nc1ccccc1F. The maximum Gasteiger partial charge on any atom is 0.146 e. The second-order valence-corrected chi connectivity index (χ2v) is 3.21. The molecule has 2 rings (SSSR count). The van der Waals surface area contributed by atoms with Crippen LogP contribution in [0.2, 0.25) is 0 Å². The van der Waals surface area contributed by atoms with Gasteiger partial charge in [-0.2, -0.15) is 0 Å². The first-order valence-corrected chi connectivity index (χ1v) is 4.75. The molecule has 0 saturated heterocycles. The van der Waals surface area contributed by atoms with Crippen LogP contribution in [0.4, 0.5) is 21.5 Å². The topological polar surface area (TPSA) is 41.5 Å². The number of nitroso groups, excluding NO2 is 1. The van der Waals surface area contributed by atoms with E-state index in [1.54, 1.807) is 42.5 Å². The lowest BCUT2D eigenvalue weighted by Gasteiger charge is -2.08. The molecule has 16 heavy (non-hydrogen) atoms. The highest BCUT2D eigenvalue weighted by Crippen LogP contribution is 2.28. The molecule has 0 fully saturated rings. The lowest BCUT2D eigenvalue weighted by atomic mass is 10.2. The van der Waals surface area contributed by atoms with E-state index in [0.717, 1.165) is 0 Å². The van der Waals surface area contributed by atoms with Crippen LogP contribution in [0, 0.1) is 10.7 Å². The van der Waals surface area contributed by atoms with E-state index < -0.39 is 0 Å². The average molecular weight is 216 g/mol. The zero-order valence-electron chi connectivity index (χ0n) is 8.35. The third kappa shape index (κ3) is 2.06. The van der Waals surface area contributed by atoms with Gasteiger partial charge in [0.1, 0.15) is 11.5 Å². The minimum Gasteiger partial charge on any atom is -0.351 e. The lowest BCUT2D eigenvalue weighted by Crippen LogP contribution is -1.93. The van der Waals surface area contributed by atoms with Crippen molar-refractivity contribution < 1.29 is 4.39 Å². The van der Waals surface area contributed by atoms with Gasteiger partial charge < -0.3 is 5.32 Å². The van der Waals surface area contributed by atoms with Gasteiger partial charge in [-0.25, -0.2) is 4.39 Å². The molecule has 0 saturated carbocycles. The molecule has 0 aliphatic rings. The predicted molar refractivity (Wildman–Crippen MR) is 61.6 cm³/mol. The molecule has 0 bridgehead atoms. The van der Waals surface area contributed by atoms with E-state index >= 15 is 0 Å². The number of hydrogen-bond donors (Lipinski definition) is 1. The number of rotatable bonds is 3. The Morgan fingerprint density at radius 1 is 0.938 bits per heavy atom. The number of halogens is 1. The molecule has 0 spiro atoms. The quantitative estimate of drug-likeness (QED) is 0.789. The average Bonchev–Trinajstić information content (AvgIpc) is 2.33. The molecule has 2 aromatic carbocycles. The van der Waals surface area contributed by atoms with Gasteiger partial charge in [0.25, 0.3) is 0 Å². The number of hydrogen-bond acceptors (Lipinski definition) is 3. The van der Waals surface area contributed by atoms with Crippen molar-refractivity contribution in [3.05, 3.63) is 59.3 Å². The maximum absolute atomic E-state index is 13.3. The number of para-hydroxylation sites is 2. The highest BCUT2D eigenvalue weighted by atomic mass is 19.1. The minimum absolute atomic E-state index is 0.255. The summed E-state index contributed by atoms with van der Waals surface area (Å²) in [6.07, 6.45) is 0. The summed E-state index contributed by atoms with van der Waals surface area (Å²) in [5.41, 5.74) is 1.06. The van der Waals surface area contributed by atoms with Crippen molar-refractivity contribution in [3.63, 3.8) is 0 Å². The number of nitrogens with one attached hydrogen (secondary N) is 1. The molecule has 0 unspecified atom stereocenters. The molecule has 0 atom stereocenters. The van der Waals surface area contributed by atoms with Gasteiger partial charge in [0.15, 0.2) is 0 Å². The Labute approximate surface area is 91.9 Å². The maximum atomic E-state index is 13.3. The summed E-state index contributed by atoms with van der Waals surface area (Å²) in [6, 6.07) is 12.9. The zero-order valence-corrected chi connectivity index (χ0v) is 8.35. The molecule has 80 valence electrons. The molecular formula is C12H9FN2O. The molecule has 3 nitrogen and oxygen atoms in total. The van der Waals surface area contributed by atoms with Crippen LogP contribution in [-0.4, -0.2) is 0 Å². The highest BCUT2D eigenvalue weighted by molar-refractivity contribution is 5.71. The Balaban J connectivity index is 2.34. The first-order chi connectivity index (χ1) is 7.81. The molecule has 1 N–H and O–H groups in total. The van der Waals surface area contributed by atoms with E-state index in [0.29, 0.717) is 11.4 Å². The van der Waals surface area contributed by atoms with E-state index in [1.807, 2.05) is 0 Å². The van der Waals surface area contributed by atoms with E-state index in [1.165, 1.54) is 6.07 Å². The standard InChI is InChI=1S/C12H9FN2O/c13-9-5-1-2-6-10(9)14-11-7-3-4-8-12(11)15-16/h1-8,14H. The predicted octanol–water partition coefficient (Wildman–Crippen LogP) is 3.97. The van der Waals surface area contributed by atoms with Crippen LogP contribution < -0.4 is 5.32 Å². The molecule has 0 aromatic heterocycles. The lowest BCUT2D eigenvalue weighted by molar-refractivity contribution is 0.632. The van der Waals surface area contributed by atoms with E-state index in [4.69, 9.17) is 0 Å². The van der Waals surface area contributed by atoms with Gasteiger partial charge in [-0.05, 0) is 29.4 Å². The highest BCUT2D eigenvalue weighted by Gasteiger charge is 2.04. The largest absolute Gasteiger partial charge is 0.351 e. The fraction of sp³-hybridized carbons (Fsp3) is 0. The first-order valence-electron chi connectivity index (χ1n) is 4.75. The Kier molecular flexibility index (Phi) is 2.91. The van der Waals surface area contributed by atoms with Gasteiger partial charge in [0.2, 0.25) is 0 Å². The zero-order chi connectivity index (χ0) is 11.4. The van der Waals surface area contributed by atoms with Crippen molar-refractivity contribution in [2.45, 2.75) is 0 Å². The van der Waals surface area contributed by atoms with Crippen molar-refractivity contribution in [3.8, 4) is 0 Å². The third-order valence-corrected chi connectivity index (χ3v) is 2.15. The fourth-order valence-corrected chi connectivity index (χ4v) is 1.37. The van der Waals surface area contributed by atoms with Gasteiger partial charge >= 0.3 is 0 Å². The van der Waals surface area contributed by atoms with Crippen LogP contribution in [0.3, 0.4) is 0 Å². The van der Waals surface area contributed by atoms with Gasteiger partial charge in [-0.3, -0.25) is 0 Å². The van der Waals surface area contributed by atoms with Crippen molar-refractivity contribution in [1.29, 1.82) is 0 Å². The normalized spacial score (nSPS) is 9.81. The summed E-state index contributed by atoms with van der Waals surface area (Å²) < 4.78 is 13.3. The van der Waals surface area contributed by atoms with Crippen LogP contribution >= 0.6 is 0 Å². The Morgan fingerprint density at radius 3 is 2.25 bits per heavy atom. The van der Waals surface area contributed by atoms with Crippen molar-refractivity contribution in [2.75, 3.05) is 5.32 Å². The smallest absolute Gasteiger partial charge is 0.146 e. The second kappa shape index (κ2) is 4.53. The molecular weight excluding hydrogens is 207 g/mol. The summed E-state index contributed by atoms with van der Waals surface area (Å²) in [7, 11) is 0. The third-order valence-electron chi connectivity index (χ3n) is 2.15. The first kappa shape index (κ1) is 10.3. The summed E-state index contributed by atoms with van der Waals surface area (Å²) in [5.74, 6) is -0.372. The Hall–Kier alpha value is -2.23. The summed E-state index contributed by atoms with van der Waals surface area (Å²) >= 11 is 0. The molecule has 0 heterocycles. The van der Waals surface area contributed by atoms with E-state index in [2.05, 4.69) is 10.5 Å². The molecule has 0 aliphatic carbocycles. The van der Waals surface area contributed by atoms with Gasteiger partial charge in [-0.15, -0.1) is 4.91 Å². The molecule has 4 heteroatoms. The van der Waals surface area contributed by atoms with Crippen molar-refractivity contribution >= 4 is 17.1 Å². The summed E-state index contributed by atoms with van der Waals surface area (Å²) in [6.45, 7) is 0. The summed E-state index contributed by atoms with van der Waals surface area (Å²) in [4.78, 5) is 10.5. The van der Waals surface area contributed by atoms with Crippen molar-refractivity contribution in [2.24, 2.45) is 5.18 Å². The van der Waals surface area contributed by atoms with Gasteiger partial charge in [0, 0.05) is 0 Å². The van der Waals surface area contributed by atoms with Gasteiger partial charge in [0.05, 0.1) is 11.4 Å². The Bertz CT molecular complexity index is 514. The van der Waals surface area contributed by atoms with E-state index in [-0.39, 0.29) is 11.5 Å². The van der Waals surface area contributed by atoms with Crippen LogP contribution in [0.25, 0.3) is 0 Å². The molecule has 0 aliphatic heterocycles. The summed E-state index contributed by atoms with van der Waals surface area (Å²) in [5, 5.41) is 5.68. The number of nitrogens with zero attached hydrogens (tertiary/aromatic N) is 1. The van der Waals surface area contributed by atoms with Gasteiger partial charge in [-0.1, -0.05) is 24.3 Å². The molecule has 2 aromatic rings. The second-order valence-electron chi connectivity index (χ2n) is 3.21. The Morgan fingerprint density at radius 2 is 1.56 bits per heavy atom. The number of anilines is 2. The van der Waals surface area contributed by atoms with Crippen LogP contribution in [-0.2, 0) is 0 Å². The monoisotopic (exact) mass is 216 g/mol. The van der Waals surface area contributed by atoms with Crippen molar-refractivity contribution in [1.82, 2.24) is 0 Å². The number of benzene rings is 2.